The third-order valence-corrected chi connectivity index (χ3v) is 3.42. The van der Waals surface area contributed by atoms with E-state index in [1.165, 1.54) is 5.56 Å². The second-order valence-electron chi connectivity index (χ2n) is 4.53. The van der Waals surface area contributed by atoms with Crippen LogP contribution in [0.1, 0.15) is 12.0 Å². The van der Waals surface area contributed by atoms with E-state index in [0.717, 1.165) is 24.5 Å². The molecule has 0 aliphatic carbocycles. The summed E-state index contributed by atoms with van der Waals surface area (Å²) in [7, 11) is 0. The van der Waals surface area contributed by atoms with Crippen molar-refractivity contribution in [2.75, 3.05) is 19.6 Å². The molecule has 92 valence electrons. The molecule has 1 aromatic carbocycles. The maximum absolute atomic E-state index is 11.7. The number of rotatable bonds is 4. The van der Waals surface area contributed by atoms with Crippen LogP contribution in [0.2, 0.25) is 5.02 Å². The number of nitrogens with two attached hydrogens (primary N) is 1. The molecule has 1 aromatic rings. The first-order valence-corrected chi connectivity index (χ1v) is 6.29. The number of likely N-dealkylation sites (tertiary alicyclic amines) is 1. The molecule has 1 unspecified atom stereocenters. The van der Waals surface area contributed by atoms with Gasteiger partial charge < -0.3 is 10.6 Å². The first-order chi connectivity index (χ1) is 8.19. The molecule has 4 heteroatoms. The molecule has 3 nitrogen and oxygen atoms in total. The Kier molecular flexibility index (Phi) is 4.02. The standard InChI is InChI=1S/C13H17ClN2O/c14-12-3-1-2-10(6-12)4-5-16-9-11(8-15)7-13(16)17/h1-3,6,11H,4-5,7-9,15H2. The number of amides is 1. The smallest absolute Gasteiger partial charge is 0.222 e. The fraction of sp³-hybridized carbons (Fsp3) is 0.462. The summed E-state index contributed by atoms with van der Waals surface area (Å²) in [6.07, 6.45) is 1.45. The van der Waals surface area contributed by atoms with Crippen LogP contribution < -0.4 is 5.73 Å². The molecule has 17 heavy (non-hydrogen) atoms. The van der Waals surface area contributed by atoms with Gasteiger partial charge in [-0.3, -0.25) is 4.79 Å². The van der Waals surface area contributed by atoms with Crippen molar-refractivity contribution in [2.24, 2.45) is 11.7 Å². The molecule has 1 saturated heterocycles. The number of carbonyl (C=O) groups is 1. The molecule has 0 radical (unpaired) electrons. The minimum atomic E-state index is 0.225. The Balaban J connectivity index is 1.88. The van der Waals surface area contributed by atoms with Crippen molar-refractivity contribution in [1.82, 2.24) is 4.90 Å². The normalized spacial score (nSPS) is 20.0. The molecule has 1 heterocycles. The van der Waals surface area contributed by atoms with Crippen LogP contribution in [0.4, 0.5) is 0 Å². The van der Waals surface area contributed by atoms with Gasteiger partial charge in [-0.1, -0.05) is 23.7 Å². The van der Waals surface area contributed by atoms with Crippen molar-refractivity contribution in [3.05, 3.63) is 34.9 Å². The summed E-state index contributed by atoms with van der Waals surface area (Å²) in [5.41, 5.74) is 6.76. The van der Waals surface area contributed by atoms with Crippen molar-refractivity contribution < 1.29 is 4.79 Å². The Labute approximate surface area is 107 Å². The summed E-state index contributed by atoms with van der Waals surface area (Å²) in [6.45, 7) is 2.16. The molecule has 0 aromatic heterocycles. The van der Waals surface area contributed by atoms with E-state index in [9.17, 15) is 4.79 Å². The van der Waals surface area contributed by atoms with Crippen LogP contribution in [-0.4, -0.2) is 30.4 Å². The summed E-state index contributed by atoms with van der Waals surface area (Å²) in [6, 6.07) is 7.78. The van der Waals surface area contributed by atoms with Gasteiger partial charge in [0.05, 0.1) is 0 Å². The van der Waals surface area contributed by atoms with Gasteiger partial charge in [0.25, 0.3) is 0 Å². The largest absolute Gasteiger partial charge is 0.342 e. The van der Waals surface area contributed by atoms with Gasteiger partial charge in [0.2, 0.25) is 5.91 Å². The first-order valence-electron chi connectivity index (χ1n) is 5.91. The highest BCUT2D eigenvalue weighted by molar-refractivity contribution is 6.30. The number of hydrogen-bond donors (Lipinski definition) is 1. The van der Waals surface area contributed by atoms with Crippen molar-refractivity contribution in [3.8, 4) is 0 Å². The van der Waals surface area contributed by atoms with Gasteiger partial charge in [-0.05, 0) is 36.6 Å². The molecule has 2 rings (SSSR count). The van der Waals surface area contributed by atoms with Crippen LogP contribution in [0.3, 0.4) is 0 Å². The maximum Gasteiger partial charge on any atom is 0.222 e. The van der Waals surface area contributed by atoms with E-state index >= 15 is 0 Å². The van der Waals surface area contributed by atoms with Crippen LogP contribution in [0, 0.1) is 5.92 Å². The summed E-state index contributed by atoms with van der Waals surface area (Å²) < 4.78 is 0. The maximum atomic E-state index is 11.7. The van der Waals surface area contributed by atoms with Crippen molar-refractivity contribution in [1.29, 1.82) is 0 Å². The zero-order valence-electron chi connectivity index (χ0n) is 9.73. The monoisotopic (exact) mass is 252 g/mol. The fourth-order valence-electron chi connectivity index (χ4n) is 2.18. The molecule has 0 bridgehead atoms. The molecule has 1 fully saturated rings. The summed E-state index contributed by atoms with van der Waals surface area (Å²) in [4.78, 5) is 13.6. The zero-order valence-corrected chi connectivity index (χ0v) is 10.5. The van der Waals surface area contributed by atoms with Crippen molar-refractivity contribution in [3.63, 3.8) is 0 Å². The van der Waals surface area contributed by atoms with Crippen LogP contribution in [0.5, 0.6) is 0 Å². The lowest BCUT2D eigenvalue weighted by atomic mass is 10.1. The fourth-order valence-corrected chi connectivity index (χ4v) is 2.40. The summed E-state index contributed by atoms with van der Waals surface area (Å²) >= 11 is 5.92. The Morgan fingerprint density at radius 2 is 2.29 bits per heavy atom. The van der Waals surface area contributed by atoms with E-state index in [2.05, 4.69) is 0 Å². The van der Waals surface area contributed by atoms with Crippen LogP contribution in [0.25, 0.3) is 0 Å². The average molecular weight is 253 g/mol. The van der Waals surface area contributed by atoms with E-state index in [-0.39, 0.29) is 5.91 Å². The van der Waals surface area contributed by atoms with Gasteiger partial charge in [-0.15, -0.1) is 0 Å². The Morgan fingerprint density at radius 3 is 2.94 bits per heavy atom. The van der Waals surface area contributed by atoms with Crippen LogP contribution in [0.15, 0.2) is 24.3 Å². The molecular weight excluding hydrogens is 236 g/mol. The number of benzene rings is 1. The van der Waals surface area contributed by atoms with Gasteiger partial charge in [-0.25, -0.2) is 0 Å². The van der Waals surface area contributed by atoms with Gasteiger partial charge in [0.1, 0.15) is 0 Å². The molecule has 1 aliphatic rings. The van der Waals surface area contributed by atoms with Gasteiger partial charge in [0.15, 0.2) is 0 Å². The average Bonchev–Trinajstić information content (AvgIpc) is 2.68. The predicted octanol–water partition coefficient (Wildman–Crippen LogP) is 1.69. The SMILES string of the molecule is NCC1CC(=O)N(CCc2cccc(Cl)c2)C1. The lowest BCUT2D eigenvalue weighted by Gasteiger charge is -2.16. The first kappa shape index (κ1) is 12.4. The van der Waals surface area contributed by atoms with E-state index in [1.807, 2.05) is 29.2 Å². The van der Waals surface area contributed by atoms with Gasteiger partial charge >= 0.3 is 0 Å². The second-order valence-corrected chi connectivity index (χ2v) is 4.96. The van der Waals surface area contributed by atoms with E-state index in [1.54, 1.807) is 0 Å². The molecule has 0 spiro atoms. The highest BCUT2D eigenvalue weighted by Gasteiger charge is 2.27. The number of carbonyl (C=O) groups excluding carboxylic acids is 1. The van der Waals surface area contributed by atoms with Crippen molar-refractivity contribution in [2.45, 2.75) is 12.8 Å². The highest BCUT2D eigenvalue weighted by atomic mass is 35.5. The van der Waals surface area contributed by atoms with Crippen molar-refractivity contribution >= 4 is 17.5 Å². The highest BCUT2D eigenvalue weighted by Crippen LogP contribution is 2.17. The number of nitrogens with zero attached hydrogens (tertiary/aromatic N) is 1. The lowest BCUT2D eigenvalue weighted by Crippen LogP contribution is -2.28. The van der Waals surface area contributed by atoms with Crippen LogP contribution >= 0.6 is 11.6 Å². The Bertz CT molecular complexity index is 408. The molecule has 0 saturated carbocycles. The lowest BCUT2D eigenvalue weighted by molar-refractivity contribution is -0.127. The zero-order chi connectivity index (χ0) is 12.3. The number of halogens is 1. The minimum Gasteiger partial charge on any atom is -0.342 e. The van der Waals surface area contributed by atoms with Gasteiger partial charge in [-0.2, -0.15) is 0 Å². The minimum absolute atomic E-state index is 0.225. The molecule has 1 aliphatic heterocycles. The van der Waals surface area contributed by atoms with Crippen LogP contribution in [-0.2, 0) is 11.2 Å². The molecule has 1 atom stereocenters. The molecule has 2 N–H and O–H groups in total. The third-order valence-electron chi connectivity index (χ3n) is 3.19. The molecular formula is C13H17ClN2O. The quantitative estimate of drug-likeness (QED) is 0.887. The molecule has 1 amide bonds. The van der Waals surface area contributed by atoms with E-state index in [4.69, 9.17) is 17.3 Å². The Hall–Kier alpha value is -1.06. The number of hydrogen-bond acceptors (Lipinski definition) is 2. The van der Waals surface area contributed by atoms with E-state index < -0.39 is 0 Å². The second kappa shape index (κ2) is 5.52. The Morgan fingerprint density at radius 1 is 1.47 bits per heavy atom. The topological polar surface area (TPSA) is 46.3 Å². The predicted molar refractivity (Wildman–Crippen MR) is 68.9 cm³/mol. The summed E-state index contributed by atoms with van der Waals surface area (Å²) in [5.74, 6) is 0.560. The van der Waals surface area contributed by atoms with E-state index in [0.29, 0.717) is 18.9 Å². The third kappa shape index (κ3) is 3.20. The van der Waals surface area contributed by atoms with Gasteiger partial charge in [0, 0.05) is 24.5 Å². The summed E-state index contributed by atoms with van der Waals surface area (Å²) in [5, 5.41) is 0.745.